The van der Waals surface area contributed by atoms with Crippen molar-refractivity contribution in [2.24, 2.45) is 0 Å². The third kappa shape index (κ3) is 4.13. The maximum Gasteiger partial charge on any atom is 0.186 e. The van der Waals surface area contributed by atoms with E-state index in [0.717, 1.165) is 11.3 Å². The Bertz CT molecular complexity index is 1180. The molecule has 162 valence electrons. The van der Waals surface area contributed by atoms with Crippen LogP contribution < -0.4 is 10.1 Å². The molecular formula is C21H28N4O4S. The van der Waals surface area contributed by atoms with E-state index in [0.29, 0.717) is 22.4 Å². The molecule has 0 saturated carbocycles. The molecule has 0 unspecified atom stereocenters. The van der Waals surface area contributed by atoms with E-state index in [4.69, 9.17) is 4.74 Å². The van der Waals surface area contributed by atoms with E-state index >= 15 is 0 Å². The van der Waals surface area contributed by atoms with Gasteiger partial charge < -0.3 is 15.2 Å². The molecule has 0 saturated heterocycles. The van der Waals surface area contributed by atoms with Crippen molar-refractivity contribution in [2.45, 2.75) is 57.3 Å². The number of ether oxygens (including phenoxy) is 1. The first-order valence-electron chi connectivity index (χ1n) is 9.68. The molecule has 2 aromatic heterocycles. The maximum absolute atomic E-state index is 13.3. The molecule has 3 aromatic rings. The van der Waals surface area contributed by atoms with Crippen LogP contribution in [0.2, 0.25) is 0 Å². The number of aryl methyl sites for hydroxylation is 1. The Morgan fingerprint density at radius 3 is 2.53 bits per heavy atom. The van der Waals surface area contributed by atoms with Gasteiger partial charge in [-0.25, -0.2) is 8.42 Å². The van der Waals surface area contributed by atoms with Gasteiger partial charge >= 0.3 is 0 Å². The van der Waals surface area contributed by atoms with E-state index in [1.54, 1.807) is 52.1 Å². The minimum absolute atomic E-state index is 0.0259. The smallest absolute Gasteiger partial charge is 0.186 e. The summed E-state index contributed by atoms with van der Waals surface area (Å²) in [6.07, 6.45) is 0.897. The van der Waals surface area contributed by atoms with Crippen molar-refractivity contribution in [1.29, 1.82) is 0 Å². The monoisotopic (exact) mass is 432 g/mol. The molecule has 3 rings (SSSR count). The molecule has 0 bridgehead atoms. The van der Waals surface area contributed by atoms with Crippen molar-refractivity contribution in [3.05, 3.63) is 35.7 Å². The molecule has 0 spiro atoms. The van der Waals surface area contributed by atoms with Gasteiger partial charge in [-0.2, -0.15) is 5.10 Å². The second-order valence-electron chi connectivity index (χ2n) is 8.40. The van der Waals surface area contributed by atoms with Gasteiger partial charge in [0.1, 0.15) is 17.3 Å². The zero-order valence-corrected chi connectivity index (χ0v) is 18.9. The van der Waals surface area contributed by atoms with Crippen LogP contribution in [0.25, 0.3) is 10.9 Å². The molecule has 30 heavy (non-hydrogen) atoms. The third-order valence-electron chi connectivity index (χ3n) is 4.89. The first-order valence-corrected chi connectivity index (χ1v) is 11.2. The van der Waals surface area contributed by atoms with Gasteiger partial charge in [-0.1, -0.05) is 0 Å². The number of hydrogen-bond donors (Lipinski definition) is 3. The Balaban J connectivity index is 2.21. The molecule has 3 N–H and O–H groups in total. The molecule has 1 aromatic carbocycles. The average Bonchev–Trinajstić information content (AvgIpc) is 2.97. The van der Waals surface area contributed by atoms with Crippen LogP contribution in [0.15, 0.2) is 29.3 Å². The Morgan fingerprint density at radius 2 is 1.97 bits per heavy atom. The number of aliphatic hydroxyl groups is 1. The number of fused-ring (bicyclic) bond motifs is 1. The van der Waals surface area contributed by atoms with Crippen molar-refractivity contribution in [2.75, 3.05) is 11.9 Å². The highest BCUT2D eigenvalue weighted by atomic mass is 32.2. The quantitative estimate of drug-likeness (QED) is 0.544. The highest BCUT2D eigenvalue weighted by molar-refractivity contribution is 7.92. The summed E-state index contributed by atoms with van der Waals surface area (Å²) in [5.41, 5.74) is 3.17. The van der Waals surface area contributed by atoms with Crippen LogP contribution in [0.4, 0.5) is 11.5 Å². The van der Waals surface area contributed by atoms with Gasteiger partial charge in [0.15, 0.2) is 15.7 Å². The van der Waals surface area contributed by atoms with Gasteiger partial charge in [0.05, 0.1) is 22.1 Å². The van der Waals surface area contributed by atoms with Gasteiger partial charge in [0.2, 0.25) is 0 Å². The van der Waals surface area contributed by atoms with E-state index < -0.39 is 20.7 Å². The number of pyridine rings is 1. The van der Waals surface area contributed by atoms with Crippen LogP contribution in [0.5, 0.6) is 5.75 Å². The van der Waals surface area contributed by atoms with Crippen molar-refractivity contribution >= 4 is 32.2 Å². The number of anilines is 2. The standard InChI is InChI=1S/C21H28N4O4S/c1-12(26)11-29-18-10-17-15(9-19(18)30(27,28)21(4,5)6)16(7-8-22-17)23-20-13(2)14(3)24-25-20/h7-10,12,26H,11H2,1-6H3,(H2,22,23,24,25)/t12-/m1/s1. The predicted molar refractivity (Wildman–Crippen MR) is 117 cm³/mol. The molecule has 0 amide bonds. The maximum atomic E-state index is 13.3. The number of H-pyrrole nitrogens is 1. The molecule has 0 radical (unpaired) electrons. The van der Waals surface area contributed by atoms with E-state index in [1.165, 1.54) is 0 Å². The third-order valence-corrected chi connectivity index (χ3v) is 7.40. The largest absolute Gasteiger partial charge is 0.489 e. The number of rotatable bonds is 6. The molecular weight excluding hydrogens is 404 g/mol. The number of nitrogens with zero attached hydrogens (tertiary/aromatic N) is 2. The van der Waals surface area contributed by atoms with Crippen molar-refractivity contribution in [3.8, 4) is 5.75 Å². The fourth-order valence-electron chi connectivity index (χ4n) is 2.86. The van der Waals surface area contributed by atoms with Gasteiger partial charge in [-0.05, 0) is 53.7 Å². The van der Waals surface area contributed by atoms with Crippen LogP contribution in [-0.2, 0) is 9.84 Å². The highest BCUT2D eigenvalue weighted by Gasteiger charge is 2.34. The lowest BCUT2D eigenvalue weighted by molar-refractivity contribution is 0.121. The van der Waals surface area contributed by atoms with Crippen molar-refractivity contribution < 1.29 is 18.3 Å². The van der Waals surface area contributed by atoms with Crippen LogP contribution in [0.1, 0.15) is 39.0 Å². The fourth-order valence-corrected chi connectivity index (χ4v) is 4.18. The predicted octanol–water partition coefficient (Wildman–Crippen LogP) is 3.65. The number of sulfone groups is 1. The molecule has 1 atom stereocenters. The average molecular weight is 433 g/mol. The number of aromatic amines is 1. The second-order valence-corrected chi connectivity index (χ2v) is 11.1. The number of nitrogens with one attached hydrogen (secondary N) is 2. The fraction of sp³-hybridized carbons (Fsp3) is 0.429. The molecule has 8 nitrogen and oxygen atoms in total. The Hall–Kier alpha value is -2.65. The SMILES string of the molecule is Cc1[nH]nc(Nc2ccnc3cc(OC[C@@H](C)O)c(S(=O)(=O)C(C)(C)C)cc23)c1C. The normalized spacial score (nSPS) is 13.4. The number of hydrogen-bond acceptors (Lipinski definition) is 7. The first-order chi connectivity index (χ1) is 13.9. The van der Waals surface area contributed by atoms with E-state index in [-0.39, 0.29) is 17.3 Å². The number of aliphatic hydroxyl groups excluding tert-OH is 1. The Kier molecular flexibility index (Phi) is 5.79. The highest BCUT2D eigenvalue weighted by Crippen LogP contribution is 2.37. The summed E-state index contributed by atoms with van der Waals surface area (Å²) in [5.74, 6) is 0.837. The molecule has 2 heterocycles. The first kappa shape index (κ1) is 22.0. The number of benzene rings is 1. The lowest BCUT2D eigenvalue weighted by atomic mass is 10.1. The molecule has 0 aliphatic rings. The van der Waals surface area contributed by atoms with Crippen LogP contribution in [0.3, 0.4) is 0 Å². The Labute approximate surface area is 176 Å². The van der Waals surface area contributed by atoms with E-state index in [2.05, 4.69) is 20.5 Å². The topological polar surface area (TPSA) is 117 Å². The van der Waals surface area contributed by atoms with Crippen LogP contribution >= 0.6 is 0 Å². The zero-order chi connectivity index (χ0) is 22.3. The molecule has 0 aliphatic heterocycles. The number of aromatic nitrogens is 3. The van der Waals surface area contributed by atoms with Crippen LogP contribution in [-0.4, -0.2) is 46.2 Å². The summed E-state index contributed by atoms with van der Waals surface area (Å²) in [5, 5.41) is 20.7. The van der Waals surface area contributed by atoms with Crippen molar-refractivity contribution in [1.82, 2.24) is 15.2 Å². The summed E-state index contributed by atoms with van der Waals surface area (Å²) in [6.45, 7) is 10.4. The molecule has 0 fully saturated rings. The Morgan fingerprint density at radius 1 is 1.27 bits per heavy atom. The van der Waals surface area contributed by atoms with E-state index in [1.807, 2.05) is 13.8 Å². The van der Waals surface area contributed by atoms with Gasteiger partial charge in [0.25, 0.3) is 0 Å². The summed E-state index contributed by atoms with van der Waals surface area (Å²) >= 11 is 0. The zero-order valence-electron chi connectivity index (χ0n) is 18.1. The van der Waals surface area contributed by atoms with Gasteiger partial charge in [-0.3, -0.25) is 10.1 Å². The second kappa shape index (κ2) is 7.88. The molecule has 9 heteroatoms. The summed E-state index contributed by atoms with van der Waals surface area (Å²) in [7, 11) is -3.72. The lowest BCUT2D eigenvalue weighted by Gasteiger charge is -2.22. The molecule has 0 aliphatic carbocycles. The summed E-state index contributed by atoms with van der Waals surface area (Å²) in [6, 6.07) is 4.96. The van der Waals surface area contributed by atoms with Crippen molar-refractivity contribution in [3.63, 3.8) is 0 Å². The minimum atomic E-state index is -3.72. The van der Waals surface area contributed by atoms with Gasteiger partial charge in [0, 0.05) is 28.9 Å². The minimum Gasteiger partial charge on any atom is -0.489 e. The summed E-state index contributed by atoms with van der Waals surface area (Å²) in [4.78, 5) is 4.44. The summed E-state index contributed by atoms with van der Waals surface area (Å²) < 4.78 is 31.2. The lowest BCUT2D eigenvalue weighted by Crippen LogP contribution is -2.28. The van der Waals surface area contributed by atoms with E-state index in [9.17, 15) is 13.5 Å². The van der Waals surface area contributed by atoms with Gasteiger partial charge in [-0.15, -0.1) is 0 Å². The van der Waals surface area contributed by atoms with Crippen LogP contribution in [0, 0.1) is 13.8 Å².